The molecule has 1 spiro atoms. The van der Waals surface area contributed by atoms with E-state index in [2.05, 4.69) is 12.2 Å². The predicted molar refractivity (Wildman–Crippen MR) is 74.8 cm³/mol. The lowest BCUT2D eigenvalue weighted by Gasteiger charge is -2.22. The first-order chi connectivity index (χ1) is 8.28. The molecule has 1 aliphatic heterocycles. The third-order valence-corrected chi connectivity index (χ3v) is 4.88. The molecule has 0 aromatic carbocycles. The molecule has 0 amide bonds. The largest absolute Gasteiger partial charge is 0.382 e. The minimum Gasteiger partial charge on any atom is -0.382 e. The average Bonchev–Trinajstić information content (AvgIpc) is 2.91. The van der Waals surface area contributed by atoms with Gasteiger partial charge in [0, 0.05) is 18.4 Å². The molecule has 1 unspecified atom stereocenters. The summed E-state index contributed by atoms with van der Waals surface area (Å²) >= 11 is 1.90. The van der Waals surface area contributed by atoms with E-state index in [0.29, 0.717) is 11.6 Å². The Balaban J connectivity index is 1.92. The van der Waals surface area contributed by atoms with Crippen LogP contribution in [0.3, 0.4) is 0 Å². The van der Waals surface area contributed by atoms with Gasteiger partial charge in [0.15, 0.2) is 5.17 Å². The second kappa shape index (κ2) is 6.10. The van der Waals surface area contributed by atoms with Crippen molar-refractivity contribution in [1.82, 2.24) is 5.32 Å². The van der Waals surface area contributed by atoms with Crippen LogP contribution in [0.25, 0.3) is 0 Å². The topological polar surface area (TPSA) is 33.6 Å². The smallest absolute Gasteiger partial charge is 0.157 e. The summed E-state index contributed by atoms with van der Waals surface area (Å²) in [5, 5.41) is 4.83. The van der Waals surface area contributed by atoms with Crippen molar-refractivity contribution in [3.05, 3.63) is 0 Å². The summed E-state index contributed by atoms with van der Waals surface area (Å²) in [6.07, 6.45) is 7.67. The molecule has 98 valence electrons. The summed E-state index contributed by atoms with van der Waals surface area (Å²) in [7, 11) is 1.76. The number of ether oxygens (including phenoxy) is 1. The molecule has 1 N–H and O–H groups in total. The van der Waals surface area contributed by atoms with Crippen molar-refractivity contribution in [2.75, 3.05) is 19.5 Å². The van der Waals surface area contributed by atoms with Gasteiger partial charge in [-0.25, -0.2) is 0 Å². The van der Waals surface area contributed by atoms with E-state index in [0.717, 1.165) is 18.2 Å². The quantitative estimate of drug-likeness (QED) is 0.821. The Morgan fingerprint density at radius 1 is 1.47 bits per heavy atom. The van der Waals surface area contributed by atoms with Crippen molar-refractivity contribution >= 4 is 16.9 Å². The first-order valence-corrected chi connectivity index (χ1v) is 7.74. The normalized spacial score (nSPS) is 26.6. The number of methoxy groups -OCH3 is 1. The summed E-state index contributed by atoms with van der Waals surface area (Å²) in [4.78, 5) is 4.82. The van der Waals surface area contributed by atoms with Gasteiger partial charge in [0.25, 0.3) is 0 Å². The molecule has 1 heterocycles. The fourth-order valence-electron chi connectivity index (χ4n) is 2.77. The summed E-state index contributed by atoms with van der Waals surface area (Å²) < 4.78 is 5.24. The van der Waals surface area contributed by atoms with Crippen LogP contribution in [-0.4, -0.2) is 36.2 Å². The van der Waals surface area contributed by atoms with E-state index in [9.17, 15) is 0 Å². The minimum absolute atomic E-state index is 0.330. The van der Waals surface area contributed by atoms with Crippen molar-refractivity contribution < 1.29 is 4.74 Å². The molecule has 1 saturated carbocycles. The summed E-state index contributed by atoms with van der Waals surface area (Å²) in [5.74, 6) is 1.21. The van der Waals surface area contributed by atoms with Crippen LogP contribution in [0.15, 0.2) is 4.99 Å². The van der Waals surface area contributed by atoms with Crippen molar-refractivity contribution in [3.8, 4) is 0 Å². The highest BCUT2D eigenvalue weighted by molar-refractivity contribution is 8.14. The Bertz CT molecular complexity index is 269. The van der Waals surface area contributed by atoms with Crippen LogP contribution in [0.4, 0.5) is 0 Å². The van der Waals surface area contributed by atoms with Gasteiger partial charge in [0.2, 0.25) is 0 Å². The van der Waals surface area contributed by atoms with Gasteiger partial charge in [-0.1, -0.05) is 37.9 Å². The van der Waals surface area contributed by atoms with E-state index in [-0.39, 0.29) is 0 Å². The fraction of sp³-hybridized carbons (Fsp3) is 0.923. The van der Waals surface area contributed by atoms with Crippen LogP contribution in [0.1, 0.15) is 45.4 Å². The number of thioether (sulfide) groups is 1. The fourth-order valence-corrected chi connectivity index (χ4v) is 4.06. The Kier molecular flexibility index (Phi) is 4.74. The molecule has 0 aromatic heterocycles. The zero-order chi connectivity index (χ0) is 12.1. The van der Waals surface area contributed by atoms with E-state index in [4.69, 9.17) is 9.73 Å². The van der Waals surface area contributed by atoms with E-state index >= 15 is 0 Å². The predicted octanol–water partition coefficient (Wildman–Crippen LogP) is 2.81. The van der Waals surface area contributed by atoms with Crippen molar-refractivity contribution in [1.29, 1.82) is 0 Å². The summed E-state index contributed by atoms with van der Waals surface area (Å²) in [6, 6.07) is 0.330. The van der Waals surface area contributed by atoms with Crippen LogP contribution >= 0.6 is 11.8 Å². The molecule has 0 radical (unpaired) electrons. The van der Waals surface area contributed by atoms with Crippen molar-refractivity contribution in [2.24, 2.45) is 4.99 Å². The summed E-state index contributed by atoms with van der Waals surface area (Å²) in [6.45, 7) is 2.95. The van der Waals surface area contributed by atoms with Crippen LogP contribution in [-0.2, 0) is 4.74 Å². The Hall–Kier alpha value is -0.220. The molecular weight excluding hydrogens is 232 g/mol. The maximum atomic E-state index is 5.24. The molecule has 3 nitrogen and oxygen atoms in total. The maximum Gasteiger partial charge on any atom is 0.157 e. The molecule has 1 saturated heterocycles. The number of nitrogens with zero attached hydrogens (tertiary/aromatic N) is 1. The Morgan fingerprint density at radius 2 is 2.24 bits per heavy atom. The van der Waals surface area contributed by atoms with Crippen LogP contribution in [0.5, 0.6) is 0 Å². The number of amidine groups is 1. The van der Waals surface area contributed by atoms with Crippen LogP contribution in [0.2, 0.25) is 0 Å². The molecular formula is C13H24N2OS. The van der Waals surface area contributed by atoms with Crippen LogP contribution < -0.4 is 5.32 Å². The maximum absolute atomic E-state index is 5.24. The Morgan fingerprint density at radius 3 is 2.88 bits per heavy atom. The molecule has 17 heavy (non-hydrogen) atoms. The third-order valence-electron chi connectivity index (χ3n) is 3.70. The van der Waals surface area contributed by atoms with E-state index < -0.39 is 0 Å². The first kappa shape index (κ1) is 13.2. The highest BCUT2D eigenvalue weighted by Gasteiger charge is 2.39. The lowest BCUT2D eigenvalue weighted by molar-refractivity contribution is 0.177. The summed E-state index contributed by atoms with van der Waals surface area (Å²) in [5.41, 5.74) is 0.382. The highest BCUT2D eigenvalue weighted by Crippen LogP contribution is 2.37. The lowest BCUT2D eigenvalue weighted by Crippen LogP contribution is -2.41. The SMILES string of the molecule is CCCC(COC)N=C1NC2(CCCC2)CS1. The zero-order valence-corrected chi connectivity index (χ0v) is 11.8. The number of aliphatic imine (C=N–C) groups is 1. The molecule has 0 aromatic rings. The number of rotatable bonds is 5. The van der Waals surface area contributed by atoms with Gasteiger partial charge >= 0.3 is 0 Å². The van der Waals surface area contributed by atoms with Gasteiger partial charge in [-0.15, -0.1) is 0 Å². The molecule has 2 aliphatic rings. The van der Waals surface area contributed by atoms with Gasteiger partial charge in [0.05, 0.1) is 12.6 Å². The average molecular weight is 256 g/mol. The van der Waals surface area contributed by atoms with Gasteiger partial charge in [-0.2, -0.15) is 0 Å². The molecule has 1 aliphatic carbocycles. The van der Waals surface area contributed by atoms with Gasteiger partial charge in [-0.05, 0) is 19.3 Å². The van der Waals surface area contributed by atoms with Gasteiger partial charge < -0.3 is 10.1 Å². The molecule has 4 heteroatoms. The minimum atomic E-state index is 0.330. The first-order valence-electron chi connectivity index (χ1n) is 6.76. The van der Waals surface area contributed by atoms with Crippen molar-refractivity contribution in [3.63, 3.8) is 0 Å². The van der Waals surface area contributed by atoms with E-state index in [1.54, 1.807) is 7.11 Å². The molecule has 1 atom stereocenters. The monoisotopic (exact) mass is 256 g/mol. The molecule has 2 rings (SSSR count). The van der Waals surface area contributed by atoms with Gasteiger partial charge in [-0.3, -0.25) is 4.99 Å². The van der Waals surface area contributed by atoms with Crippen LogP contribution in [0, 0.1) is 0 Å². The van der Waals surface area contributed by atoms with E-state index in [1.165, 1.54) is 37.9 Å². The lowest BCUT2D eigenvalue weighted by atomic mass is 10.0. The second-order valence-corrected chi connectivity index (χ2v) is 6.20. The number of hydrogen-bond acceptors (Lipinski definition) is 3. The van der Waals surface area contributed by atoms with Gasteiger partial charge in [0.1, 0.15) is 0 Å². The number of nitrogens with one attached hydrogen (secondary N) is 1. The molecule has 0 bridgehead atoms. The second-order valence-electron chi connectivity index (χ2n) is 5.23. The molecule has 2 fully saturated rings. The third kappa shape index (κ3) is 3.38. The Labute approximate surface area is 109 Å². The number of hydrogen-bond donors (Lipinski definition) is 1. The highest BCUT2D eigenvalue weighted by atomic mass is 32.2. The zero-order valence-electron chi connectivity index (χ0n) is 11.0. The van der Waals surface area contributed by atoms with Crippen molar-refractivity contribution in [2.45, 2.75) is 57.0 Å². The van der Waals surface area contributed by atoms with E-state index in [1.807, 2.05) is 11.8 Å². The standard InChI is InChI=1S/C13H24N2OS/c1-3-6-11(9-16-2)14-12-15-13(10-17-12)7-4-5-8-13/h11H,3-10H2,1-2H3,(H,14,15).